The van der Waals surface area contributed by atoms with E-state index in [1.165, 1.54) is 12.8 Å². The van der Waals surface area contributed by atoms with Crippen molar-refractivity contribution < 1.29 is 5.11 Å². The maximum Gasteiger partial charge on any atom is 0.326 e. The second-order valence-electron chi connectivity index (χ2n) is 4.94. The standard InChI is InChI=1S/C14H21N3O2/c1-2-3-4-5-6-11(18)10-17-13-9-15-8-7-12(13)16-14(17)19/h7-9,11,18H,2-6,10H2,1H3,(H,16,19). The number of pyridine rings is 1. The van der Waals surface area contributed by atoms with Gasteiger partial charge in [-0.2, -0.15) is 0 Å². The second-order valence-corrected chi connectivity index (χ2v) is 4.94. The van der Waals surface area contributed by atoms with Crippen LogP contribution >= 0.6 is 0 Å². The quantitative estimate of drug-likeness (QED) is 0.751. The maximum atomic E-state index is 11.8. The van der Waals surface area contributed by atoms with Gasteiger partial charge in [-0.25, -0.2) is 4.79 Å². The number of hydrogen-bond donors (Lipinski definition) is 2. The van der Waals surface area contributed by atoms with Gasteiger partial charge in [0.2, 0.25) is 0 Å². The van der Waals surface area contributed by atoms with E-state index in [2.05, 4.69) is 16.9 Å². The number of H-pyrrole nitrogens is 1. The van der Waals surface area contributed by atoms with Crippen molar-refractivity contribution in [3.05, 3.63) is 28.9 Å². The molecule has 0 aliphatic carbocycles. The number of aromatic amines is 1. The van der Waals surface area contributed by atoms with Crippen LogP contribution in [0, 0.1) is 0 Å². The summed E-state index contributed by atoms with van der Waals surface area (Å²) in [6.07, 6.45) is 8.07. The number of imidazole rings is 1. The van der Waals surface area contributed by atoms with Crippen LogP contribution in [0.3, 0.4) is 0 Å². The Bertz CT molecular complexity index is 573. The summed E-state index contributed by atoms with van der Waals surface area (Å²) in [5, 5.41) is 10.0. The summed E-state index contributed by atoms with van der Waals surface area (Å²) in [4.78, 5) is 18.6. The van der Waals surface area contributed by atoms with E-state index in [-0.39, 0.29) is 5.69 Å². The SMILES string of the molecule is CCCCCCC(O)Cn1c(=O)[nH]c2ccncc21. The molecule has 1 atom stereocenters. The molecule has 0 amide bonds. The first-order chi connectivity index (χ1) is 9.22. The average Bonchev–Trinajstić information content (AvgIpc) is 2.72. The van der Waals surface area contributed by atoms with Crippen molar-refractivity contribution >= 4 is 11.0 Å². The molecule has 104 valence electrons. The molecule has 0 aromatic carbocycles. The molecule has 0 saturated carbocycles. The van der Waals surface area contributed by atoms with E-state index < -0.39 is 6.10 Å². The van der Waals surface area contributed by atoms with Crippen LogP contribution in [-0.2, 0) is 6.54 Å². The van der Waals surface area contributed by atoms with Crippen molar-refractivity contribution in [3.8, 4) is 0 Å². The summed E-state index contributed by atoms with van der Waals surface area (Å²) in [5.41, 5.74) is 1.33. The third kappa shape index (κ3) is 3.44. The van der Waals surface area contributed by atoms with Gasteiger partial charge in [0.15, 0.2) is 0 Å². The molecule has 5 heteroatoms. The number of aromatic nitrogens is 3. The zero-order chi connectivity index (χ0) is 13.7. The Morgan fingerprint density at radius 2 is 2.26 bits per heavy atom. The molecule has 0 saturated heterocycles. The molecule has 2 N–H and O–H groups in total. The Balaban J connectivity index is 2.00. The van der Waals surface area contributed by atoms with Crippen molar-refractivity contribution in [1.29, 1.82) is 0 Å². The van der Waals surface area contributed by atoms with Crippen LogP contribution < -0.4 is 5.69 Å². The molecular weight excluding hydrogens is 242 g/mol. The number of nitrogens with zero attached hydrogens (tertiary/aromatic N) is 2. The van der Waals surface area contributed by atoms with Gasteiger partial charge in [-0.05, 0) is 12.5 Å². The van der Waals surface area contributed by atoms with Gasteiger partial charge in [0.05, 0.1) is 29.9 Å². The first kappa shape index (κ1) is 13.8. The van der Waals surface area contributed by atoms with Crippen LogP contribution in [0.15, 0.2) is 23.3 Å². The highest BCUT2D eigenvalue weighted by atomic mass is 16.3. The molecule has 1 unspecified atom stereocenters. The fraction of sp³-hybridized carbons (Fsp3) is 0.571. The molecule has 2 rings (SSSR count). The van der Waals surface area contributed by atoms with Gasteiger partial charge >= 0.3 is 5.69 Å². The molecule has 2 aromatic rings. The lowest BCUT2D eigenvalue weighted by Crippen LogP contribution is -2.24. The normalized spacial score (nSPS) is 12.9. The molecule has 0 aliphatic rings. The van der Waals surface area contributed by atoms with E-state index in [4.69, 9.17) is 0 Å². The van der Waals surface area contributed by atoms with Crippen LogP contribution in [-0.4, -0.2) is 25.7 Å². The van der Waals surface area contributed by atoms with Gasteiger partial charge in [-0.1, -0.05) is 32.6 Å². The summed E-state index contributed by atoms with van der Waals surface area (Å²) < 4.78 is 1.56. The van der Waals surface area contributed by atoms with E-state index in [0.717, 1.165) is 30.3 Å². The van der Waals surface area contributed by atoms with Crippen molar-refractivity contribution in [3.63, 3.8) is 0 Å². The lowest BCUT2D eigenvalue weighted by Gasteiger charge is -2.11. The molecule has 0 spiro atoms. The van der Waals surface area contributed by atoms with Crippen LogP contribution in [0.1, 0.15) is 39.0 Å². The van der Waals surface area contributed by atoms with Crippen LogP contribution in [0.25, 0.3) is 11.0 Å². The molecule has 19 heavy (non-hydrogen) atoms. The summed E-state index contributed by atoms with van der Waals surface area (Å²) in [7, 11) is 0. The number of aliphatic hydroxyl groups is 1. The zero-order valence-electron chi connectivity index (χ0n) is 11.3. The lowest BCUT2D eigenvalue weighted by atomic mass is 10.1. The Hall–Kier alpha value is -1.62. The zero-order valence-corrected chi connectivity index (χ0v) is 11.3. The minimum absolute atomic E-state index is 0.185. The number of nitrogens with one attached hydrogen (secondary N) is 1. The number of unbranched alkanes of at least 4 members (excludes halogenated alkanes) is 3. The molecular formula is C14H21N3O2. The van der Waals surface area contributed by atoms with E-state index in [0.29, 0.717) is 6.54 Å². The van der Waals surface area contributed by atoms with E-state index in [9.17, 15) is 9.90 Å². The lowest BCUT2D eigenvalue weighted by molar-refractivity contribution is 0.141. The van der Waals surface area contributed by atoms with E-state index in [1.807, 2.05) is 0 Å². The number of aliphatic hydroxyl groups excluding tert-OH is 1. The molecule has 2 heterocycles. The highest BCUT2D eigenvalue weighted by molar-refractivity contribution is 5.73. The van der Waals surface area contributed by atoms with Crippen molar-refractivity contribution in [2.75, 3.05) is 0 Å². The second kappa shape index (κ2) is 6.52. The predicted molar refractivity (Wildman–Crippen MR) is 75.1 cm³/mol. The average molecular weight is 263 g/mol. The number of fused-ring (bicyclic) bond motifs is 1. The Morgan fingerprint density at radius 1 is 1.42 bits per heavy atom. The molecule has 0 radical (unpaired) electrons. The third-order valence-corrected chi connectivity index (χ3v) is 3.36. The molecule has 5 nitrogen and oxygen atoms in total. The molecule has 0 aliphatic heterocycles. The van der Waals surface area contributed by atoms with Gasteiger partial charge in [0.1, 0.15) is 0 Å². The monoisotopic (exact) mass is 263 g/mol. The predicted octanol–water partition coefficient (Wildman–Crippen LogP) is 2.06. The Kier molecular flexibility index (Phi) is 4.74. The Morgan fingerprint density at radius 3 is 3.05 bits per heavy atom. The smallest absolute Gasteiger partial charge is 0.326 e. The number of hydrogen-bond acceptors (Lipinski definition) is 3. The molecule has 0 bridgehead atoms. The minimum Gasteiger partial charge on any atom is -0.391 e. The third-order valence-electron chi connectivity index (χ3n) is 3.36. The maximum absolute atomic E-state index is 11.8. The highest BCUT2D eigenvalue weighted by Crippen LogP contribution is 2.11. The summed E-state index contributed by atoms with van der Waals surface area (Å²) in [6.45, 7) is 2.49. The van der Waals surface area contributed by atoms with Crippen LogP contribution in [0.5, 0.6) is 0 Å². The summed E-state index contributed by atoms with van der Waals surface area (Å²) in [5.74, 6) is 0. The van der Waals surface area contributed by atoms with E-state index >= 15 is 0 Å². The summed E-state index contributed by atoms with van der Waals surface area (Å²) >= 11 is 0. The first-order valence-electron chi connectivity index (χ1n) is 6.93. The Labute approximate surface area is 112 Å². The fourth-order valence-electron chi connectivity index (χ4n) is 2.29. The minimum atomic E-state index is -0.478. The van der Waals surface area contributed by atoms with Gasteiger partial charge in [-0.3, -0.25) is 9.55 Å². The van der Waals surface area contributed by atoms with Gasteiger partial charge in [-0.15, -0.1) is 0 Å². The number of rotatable bonds is 7. The highest BCUT2D eigenvalue weighted by Gasteiger charge is 2.11. The first-order valence-corrected chi connectivity index (χ1v) is 6.93. The largest absolute Gasteiger partial charge is 0.391 e. The summed E-state index contributed by atoms with van der Waals surface area (Å²) in [6, 6.07) is 1.76. The molecule has 2 aromatic heterocycles. The fourth-order valence-corrected chi connectivity index (χ4v) is 2.29. The van der Waals surface area contributed by atoms with Gasteiger partial charge < -0.3 is 10.1 Å². The van der Waals surface area contributed by atoms with Gasteiger partial charge in [0.25, 0.3) is 0 Å². The van der Waals surface area contributed by atoms with Crippen LogP contribution in [0.2, 0.25) is 0 Å². The topological polar surface area (TPSA) is 70.9 Å². The molecule has 0 fully saturated rings. The van der Waals surface area contributed by atoms with Crippen molar-refractivity contribution in [1.82, 2.24) is 14.5 Å². The van der Waals surface area contributed by atoms with Crippen LogP contribution in [0.4, 0.5) is 0 Å². The van der Waals surface area contributed by atoms with E-state index in [1.54, 1.807) is 23.0 Å². The van der Waals surface area contributed by atoms with Gasteiger partial charge in [0, 0.05) is 6.20 Å². The van der Waals surface area contributed by atoms with Crippen molar-refractivity contribution in [2.45, 2.75) is 51.7 Å². The van der Waals surface area contributed by atoms with Crippen molar-refractivity contribution in [2.24, 2.45) is 0 Å².